The van der Waals surface area contributed by atoms with Crippen molar-refractivity contribution >= 4 is 39.0 Å². The van der Waals surface area contributed by atoms with Crippen molar-refractivity contribution in [3.05, 3.63) is 199 Å². The monoisotopic (exact) mass is 679 g/mol. The van der Waals surface area contributed by atoms with E-state index in [0.717, 1.165) is 50.1 Å². The van der Waals surface area contributed by atoms with Crippen LogP contribution in [0, 0.1) is 0 Å². The predicted octanol–water partition coefficient (Wildman–Crippen LogP) is 14.4. The van der Waals surface area contributed by atoms with Crippen LogP contribution < -0.4 is 4.90 Å². The Balaban J connectivity index is 1.24. The Morgan fingerprint density at radius 1 is 0.396 bits per heavy atom. The highest BCUT2D eigenvalue weighted by Gasteiger charge is 2.36. The van der Waals surface area contributed by atoms with Gasteiger partial charge >= 0.3 is 0 Å². The number of anilines is 3. The van der Waals surface area contributed by atoms with Crippen LogP contribution in [0.1, 0.15) is 25.0 Å². The second-order valence-corrected chi connectivity index (χ2v) is 14.6. The van der Waals surface area contributed by atoms with E-state index in [1.807, 2.05) is 0 Å². The third kappa shape index (κ3) is 5.18. The zero-order valence-corrected chi connectivity index (χ0v) is 29.8. The summed E-state index contributed by atoms with van der Waals surface area (Å²) in [6.07, 6.45) is 0. The number of rotatable bonds is 6. The molecule has 9 aromatic rings. The smallest absolute Gasteiger partial charge is 0.138 e. The molecular weight excluding hydrogens is 643 g/mol. The Morgan fingerprint density at radius 2 is 0.887 bits per heavy atom. The van der Waals surface area contributed by atoms with Crippen molar-refractivity contribution < 1.29 is 4.42 Å². The largest absolute Gasteiger partial charge is 0.456 e. The van der Waals surface area contributed by atoms with E-state index in [2.05, 4.69) is 207 Å². The third-order valence-electron chi connectivity index (χ3n) is 11.1. The maximum Gasteiger partial charge on any atom is 0.138 e. The molecule has 0 unspecified atom stereocenters. The van der Waals surface area contributed by atoms with Crippen LogP contribution in [0.25, 0.3) is 66.4 Å². The highest BCUT2D eigenvalue weighted by Crippen LogP contribution is 2.52. The van der Waals surface area contributed by atoms with Gasteiger partial charge < -0.3 is 9.32 Å². The lowest BCUT2D eigenvalue weighted by Crippen LogP contribution is -2.14. The minimum atomic E-state index is -0.121. The summed E-state index contributed by atoms with van der Waals surface area (Å²) in [5.41, 5.74) is 17.1. The normalized spacial score (nSPS) is 12.9. The first-order chi connectivity index (χ1) is 26.0. The lowest BCUT2D eigenvalue weighted by molar-refractivity contribution is 0.647. The van der Waals surface area contributed by atoms with E-state index in [9.17, 15) is 0 Å². The summed E-state index contributed by atoms with van der Waals surface area (Å²) >= 11 is 0. The van der Waals surface area contributed by atoms with E-state index in [0.29, 0.717) is 0 Å². The first-order valence-corrected chi connectivity index (χ1v) is 18.3. The molecule has 0 fully saturated rings. The van der Waals surface area contributed by atoms with Crippen molar-refractivity contribution in [3.63, 3.8) is 0 Å². The van der Waals surface area contributed by atoms with Crippen LogP contribution in [0.5, 0.6) is 0 Å². The summed E-state index contributed by atoms with van der Waals surface area (Å²) in [6.45, 7) is 4.65. The summed E-state index contributed by atoms with van der Waals surface area (Å²) in [6, 6.07) is 67.7. The van der Waals surface area contributed by atoms with Gasteiger partial charge in [-0.15, -0.1) is 0 Å². The Morgan fingerprint density at radius 3 is 1.45 bits per heavy atom. The van der Waals surface area contributed by atoms with Gasteiger partial charge in [-0.2, -0.15) is 0 Å². The van der Waals surface area contributed by atoms with Gasteiger partial charge in [0.1, 0.15) is 11.2 Å². The van der Waals surface area contributed by atoms with E-state index in [4.69, 9.17) is 4.42 Å². The molecule has 1 aliphatic rings. The van der Waals surface area contributed by atoms with E-state index < -0.39 is 0 Å². The summed E-state index contributed by atoms with van der Waals surface area (Å²) < 4.78 is 6.92. The second kappa shape index (κ2) is 12.3. The molecule has 1 heterocycles. The summed E-state index contributed by atoms with van der Waals surface area (Å²) in [4.78, 5) is 2.40. The molecule has 0 aliphatic heterocycles. The topological polar surface area (TPSA) is 16.4 Å². The van der Waals surface area contributed by atoms with Gasteiger partial charge in [0, 0.05) is 22.2 Å². The highest BCUT2D eigenvalue weighted by molar-refractivity contribution is 6.16. The van der Waals surface area contributed by atoms with Crippen LogP contribution in [-0.4, -0.2) is 0 Å². The lowest BCUT2D eigenvalue weighted by Gasteiger charge is -2.27. The van der Waals surface area contributed by atoms with Crippen LogP contribution >= 0.6 is 0 Å². The second-order valence-electron chi connectivity index (χ2n) is 14.6. The molecule has 0 N–H and O–H groups in total. The number of hydrogen-bond acceptors (Lipinski definition) is 2. The third-order valence-corrected chi connectivity index (χ3v) is 11.1. The van der Waals surface area contributed by atoms with Crippen molar-refractivity contribution in [2.75, 3.05) is 4.90 Å². The fourth-order valence-electron chi connectivity index (χ4n) is 8.35. The van der Waals surface area contributed by atoms with Crippen molar-refractivity contribution in [3.8, 4) is 44.5 Å². The van der Waals surface area contributed by atoms with Crippen LogP contribution in [0.4, 0.5) is 17.1 Å². The van der Waals surface area contributed by atoms with Gasteiger partial charge in [0.15, 0.2) is 0 Å². The minimum Gasteiger partial charge on any atom is -0.456 e. The molecular formula is C51H37NO. The number of fused-ring (bicyclic) bond motifs is 6. The van der Waals surface area contributed by atoms with Crippen molar-refractivity contribution in [2.45, 2.75) is 19.3 Å². The molecule has 0 amide bonds. The first kappa shape index (κ1) is 31.1. The molecule has 0 saturated carbocycles. The summed E-state index contributed by atoms with van der Waals surface area (Å²) in [5.74, 6) is 0. The molecule has 0 saturated heterocycles. The fourth-order valence-corrected chi connectivity index (χ4v) is 8.35. The standard InChI is InChI=1S/C51H37NO/c1-51(2)45-21-13-12-20-42(45)43-32-44-48(33-46(43)51)53-49-31-39(36-18-10-5-11-19-36)30-47(50(44)49)52(40-26-22-37(23-27-40)34-14-6-3-7-15-34)41-28-24-38(25-29-41)35-16-8-4-9-17-35/h3-33H,1-2H3. The van der Waals surface area contributed by atoms with Crippen molar-refractivity contribution in [2.24, 2.45) is 0 Å². The summed E-state index contributed by atoms with van der Waals surface area (Å²) in [7, 11) is 0. The molecule has 0 radical (unpaired) electrons. The number of hydrogen-bond donors (Lipinski definition) is 0. The fraction of sp³-hybridized carbons (Fsp3) is 0.0588. The van der Waals surface area contributed by atoms with Gasteiger partial charge in [-0.1, -0.05) is 153 Å². The molecule has 0 atom stereocenters. The van der Waals surface area contributed by atoms with Gasteiger partial charge in [0.25, 0.3) is 0 Å². The molecule has 53 heavy (non-hydrogen) atoms. The SMILES string of the molecule is CC1(C)c2ccccc2-c2cc3c(cc21)oc1cc(-c2ccccc2)cc(N(c2ccc(-c4ccccc4)cc2)c2ccc(-c4ccccc4)cc2)c13. The Kier molecular flexibility index (Phi) is 7.19. The van der Waals surface area contributed by atoms with Crippen LogP contribution in [0.3, 0.4) is 0 Å². The maximum absolute atomic E-state index is 6.92. The van der Waals surface area contributed by atoms with Gasteiger partial charge in [0.2, 0.25) is 0 Å². The Hall–Kier alpha value is -6.64. The van der Waals surface area contributed by atoms with E-state index in [1.165, 1.54) is 44.5 Å². The van der Waals surface area contributed by atoms with Crippen LogP contribution in [-0.2, 0) is 5.41 Å². The molecule has 2 nitrogen and oxygen atoms in total. The Labute approximate surface area is 310 Å². The summed E-state index contributed by atoms with van der Waals surface area (Å²) in [5, 5.41) is 2.22. The molecule has 252 valence electrons. The lowest BCUT2D eigenvalue weighted by atomic mass is 9.82. The van der Waals surface area contributed by atoms with Gasteiger partial charge in [-0.05, 0) is 104 Å². The molecule has 1 aromatic heterocycles. The zero-order chi connectivity index (χ0) is 35.5. The van der Waals surface area contributed by atoms with Gasteiger partial charge in [-0.3, -0.25) is 0 Å². The predicted molar refractivity (Wildman–Crippen MR) is 222 cm³/mol. The van der Waals surface area contributed by atoms with Crippen molar-refractivity contribution in [1.82, 2.24) is 0 Å². The van der Waals surface area contributed by atoms with Gasteiger partial charge in [0.05, 0.1) is 11.1 Å². The molecule has 8 aromatic carbocycles. The molecule has 1 aliphatic carbocycles. The molecule has 0 bridgehead atoms. The van der Waals surface area contributed by atoms with E-state index >= 15 is 0 Å². The minimum absolute atomic E-state index is 0.121. The van der Waals surface area contributed by atoms with E-state index in [-0.39, 0.29) is 5.41 Å². The number of furan rings is 1. The molecule has 2 heteroatoms. The highest BCUT2D eigenvalue weighted by atomic mass is 16.3. The van der Waals surface area contributed by atoms with E-state index in [1.54, 1.807) is 0 Å². The average Bonchev–Trinajstić information content (AvgIpc) is 3.69. The zero-order valence-electron chi connectivity index (χ0n) is 29.8. The van der Waals surface area contributed by atoms with Crippen molar-refractivity contribution in [1.29, 1.82) is 0 Å². The number of nitrogens with zero attached hydrogens (tertiary/aromatic N) is 1. The number of benzene rings is 8. The first-order valence-electron chi connectivity index (χ1n) is 18.3. The maximum atomic E-state index is 6.92. The average molecular weight is 680 g/mol. The Bertz CT molecular complexity index is 2680. The van der Waals surface area contributed by atoms with Crippen LogP contribution in [0.2, 0.25) is 0 Å². The quantitative estimate of drug-likeness (QED) is 0.174. The van der Waals surface area contributed by atoms with Crippen LogP contribution in [0.15, 0.2) is 192 Å². The molecule has 10 rings (SSSR count). The molecule has 0 spiro atoms. The van der Waals surface area contributed by atoms with Gasteiger partial charge in [-0.25, -0.2) is 0 Å².